The number of rotatable bonds is 5. The molecule has 0 aromatic rings. The Morgan fingerprint density at radius 2 is 2.20 bits per heavy atom. The first kappa shape index (κ1) is 9.43. The van der Waals surface area contributed by atoms with E-state index in [-0.39, 0.29) is 0 Å². The third kappa shape index (κ3) is 7.43. The molecule has 0 fully saturated rings. The molecule has 0 amide bonds. The van der Waals surface area contributed by atoms with Gasteiger partial charge in [0.2, 0.25) is 0 Å². The Labute approximate surface area is 63.1 Å². The molecule has 0 atom stereocenters. The summed E-state index contributed by atoms with van der Waals surface area (Å²) >= 11 is 0. The maximum absolute atomic E-state index is 4.12. The summed E-state index contributed by atoms with van der Waals surface area (Å²) in [5.74, 6) is 0. The predicted molar refractivity (Wildman–Crippen MR) is 45.6 cm³/mol. The Bertz CT molecular complexity index is 88.9. The molecule has 0 radical (unpaired) electrons. The van der Waals surface area contributed by atoms with E-state index in [2.05, 4.69) is 22.1 Å². The quantitative estimate of drug-likeness (QED) is 0.439. The van der Waals surface area contributed by atoms with Crippen LogP contribution in [0.1, 0.15) is 6.92 Å². The van der Waals surface area contributed by atoms with Gasteiger partial charge in [-0.1, -0.05) is 0 Å². The van der Waals surface area contributed by atoms with Crippen molar-refractivity contribution in [2.45, 2.75) is 6.92 Å². The van der Waals surface area contributed by atoms with Crippen molar-refractivity contribution in [1.82, 2.24) is 10.2 Å². The van der Waals surface area contributed by atoms with Gasteiger partial charge in [-0.05, 0) is 21.0 Å². The standard InChI is InChI=1S/C7H17N3/c1-4-8-7-9-5-6-10(2)3/h7H,4-6H2,1-3H3,(H,8,9). The van der Waals surface area contributed by atoms with Crippen molar-refractivity contribution in [3.63, 3.8) is 0 Å². The molecule has 0 spiro atoms. The van der Waals surface area contributed by atoms with E-state index in [4.69, 9.17) is 0 Å². The molecule has 3 heteroatoms. The normalized spacial score (nSPS) is 11.2. The molecule has 0 aliphatic heterocycles. The van der Waals surface area contributed by atoms with E-state index in [1.807, 2.05) is 14.1 Å². The smallest absolute Gasteiger partial charge is 0.0824 e. The monoisotopic (exact) mass is 143 g/mol. The highest BCUT2D eigenvalue weighted by Gasteiger charge is 1.83. The molecule has 3 nitrogen and oxygen atoms in total. The first-order chi connectivity index (χ1) is 4.77. The Kier molecular flexibility index (Phi) is 6.18. The van der Waals surface area contributed by atoms with Gasteiger partial charge in [0.15, 0.2) is 0 Å². The lowest BCUT2D eigenvalue weighted by Crippen LogP contribution is -2.16. The number of aliphatic imine (C=N–C) groups is 1. The van der Waals surface area contributed by atoms with Crippen LogP contribution in [0, 0.1) is 0 Å². The van der Waals surface area contributed by atoms with Gasteiger partial charge in [-0.3, -0.25) is 4.99 Å². The highest BCUT2D eigenvalue weighted by Crippen LogP contribution is 1.73. The molecule has 0 bridgehead atoms. The molecule has 0 aliphatic rings. The molecule has 0 heterocycles. The molecule has 0 saturated carbocycles. The van der Waals surface area contributed by atoms with Gasteiger partial charge >= 0.3 is 0 Å². The first-order valence-electron chi connectivity index (χ1n) is 3.63. The molecule has 0 saturated heterocycles. The maximum Gasteiger partial charge on any atom is 0.0824 e. The minimum atomic E-state index is 0.875. The van der Waals surface area contributed by atoms with Crippen LogP contribution in [-0.4, -0.2) is 45.0 Å². The van der Waals surface area contributed by atoms with Gasteiger partial charge in [0.1, 0.15) is 0 Å². The zero-order chi connectivity index (χ0) is 7.82. The highest BCUT2D eigenvalue weighted by molar-refractivity contribution is 5.53. The van der Waals surface area contributed by atoms with Crippen LogP contribution in [-0.2, 0) is 0 Å². The molecule has 60 valence electrons. The van der Waals surface area contributed by atoms with Crippen LogP contribution in [0.25, 0.3) is 0 Å². The van der Waals surface area contributed by atoms with Crippen molar-refractivity contribution >= 4 is 6.34 Å². The summed E-state index contributed by atoms with van der Waals surface area (Å²) in [5.41, 5.74) is 0. The van der Waals surface area contributed by atoms with E-state index >= 15 is 0 Å². The van der Waals surface area contributed by atoms with Gasteiger partial charge in [0, 0.05) is 13.1 Å². The zero-order valence-electron chi connectivity index (χ0n) is 7.09. The van der Waals surface area contributed by atoms with Gasteiger partial charge in [0.25, 0.3) is 0 Å². The topological polar surface area (TPSA) is 27.6 Å². The second-order valence-electron chi connectivity index (χ2n) is 2.40. The molecule has 0 aromatic carbocycles. The molecule has 10 heavy (non-hydrogen) atoms. The van der Waals surface area contributed by atoms with Gasteiger partial charge < -0.3 is 10.2 Å². The summed E-state index contributed by atoms with van der Waals surface area (Å²) in [6.07, 6.45) is 1.77. The summed E-state index contributed by atoms with van der Waals surface area (Å²) in [4.78, 5) is 6.24. The van der Waals surface area contributed by atoms with E-state index in [0.717, 1.165) is 19.6 Å². The minimum absolute atomic E-state index is 0.875. The summed E-state index contributed by atoms with van der Waals surface area (Å²) in [6.45, 7) is 4.89. The van der Waals surface area contributed by atoms with E-state index in [0.29, 0.717) is 0 Å². The molecule has 0 rings (SSSR count). The third-order valence-electron chi connectivity index (χ3n) is 1.06. The largest absolute Gasteiger partial charge is 0.377 e. The lowest BCUT2D eigenvalue weighted by Gasteiger charge is -2.05. The number of likely N-dealkylation sites (N-methyl/N-ethyl adjacent to an activating group) is 1. The minimum Gasteiger partial charge on any atom is -0.377 e. The summed E-state index contributed by atoms with van der Waals surface area (Å²) < 4.78 is 0. The van der Waals surface area contributed by atoms with Crippen molar-refractivity contribution in [1.29, 1.82) is 0 Å². The van der Waals surface area contributed by atoms with Crippen LogP contribution >= 0.6 is 0 Å². The summed E-state index contributed by atoms with van der Waals surface area (Å²) in [5, 5.41) is 3.01. The Balaban J connectivity index is 3.02. The van der Waals surface area contributed by atoms with Crippen molar-refractivity contribution < 1.29 is 0 Å². The number of nitrogens with zero attached hydrogens (tertiary/aromatic N) is 2. The lowest BCUT2D eigenvalue weighted by atomic mass is 10.6. The molecule has 0 aliphatic carbocycles. The highest BCUT2D eigenvalue weighted by atomic mass is 15.1. The fraction of sp³-hybridized carbons (Fsp3) is 0.857. The van der Waals surface area contributed by atoms with Crippen molar-refractivity contribution in [2.75, 3.05) is 33.7 Å². The second-order valence-corrected chi connectivity index (χ2v) is 2.40. The Hall–Kier alpha value is -0.570. The Morgan fingerprint density at radius 1 is 1.50 bits per heavy atom. The first-order valence-corrected chi connectivity index (χ1v) is 3.63. The lowest BCUT2D eigenvalue weighted by molar-refractivity contribution is 0.420. The molecular formula is C7H17N3. The fourth-order valence-corrected chi connectivity index (χ4v) is 0.478. The van der Waals surface area contributed by atoms with Crippen LogP contribution in [0.2, 0.25) is 0 Å². The number of hydrogen-bond acceptors (Lipinski definition) is 2. The number of nitrogens with one attached hydrogen (secondary N) is 1. The van der Waals surface area contributed by atoms with Gasteiger partial charge in [-0.25, -0.2) is 0 Å². The van der Waals surface area contributed by atoms with Crippen molar-refractivity contribution in [2.24, 2.45) is 4.99 Å². The van der Waals surface area contributed by atoms with E-state index in [1.165, 1.54) is 0 Å². The summed E-state index contributed by atoms with van der Waals surface area (Å²) in [6, 6.07) is 0. The van der Waals surface area contributed by atoms with Gasteiger partial charge in [-0.15, -0.1) is 0 Å². The van der Waals surface area contributed by atoms with Crippen LogP contribution in [0.5, 0.6) is 0 Å². The molecule has 1 N–H and O–H groups in total. The van der Waals surface area contributed by atoms with E-state index in [1.54, 1.807) is 6.34 Å². The van der Waals surface area contributed by atoms with Gasteiger partial charge in [0.05, 0.1) is 12.9 Å². The second kappa shape index (κ2) is 6.55. The third-order valence-corrected chi connectivity index (χ3v) is 1.06. The average Bonchev–Trinajstić information content (AvgIpc) is 1.87. The number of hydrogen-bond donors (Lipinski definition) is 1. The maximum atomic E-state index is 4.12. The summed E-state index contributed by atoms with van der Waals surface area (Å²) in [7, 11) is 4.09. The SMILES string of the molecule is CCNC=NCCN(C)C. The Morgan fingerprint density at radius 3 is 2.70 bits per heavy atom. The predicted octanol–water partition coefficient (Wildman–Crippen LogP) is 0.186. The van der Waals surface area contributed by atoms with Gasteiger partial charge in [-0.2, -0.15) is 0 Å². The van der Waals surface area contributed by atoms with E-state index in [9.17, 15) is 0 Å². The molecular weight excluding hydrogens is 126 g/mol. The van der Waals surface area contributed by atoms with Crippen molar-refractivity contribution in [3.8, 4) is 0 Å². The van der Waals surface area contributed by atoms with E-state index < -0.39 is 0 Å². The van der Waals surface area contributed by atoms with Crippen LogP contribution < -0.4 is 5.32 Å². The average molecular weight is 143 g/mol. The fourth-order valence-electron chi connectivity index (χ4n) is 0.478. The van der Waals surface area contributed by atoms with Crippen LogP contribution in [0.3, 0.4) is 0 Å². The molecule has 0 aromatic heterocycles. The van der Waals surface area contributed by atoms with Crippen LogP contribution in [0.15, 0.2) is 4.99 Å². The van der Waals surface area contributed by atoms with Crippen LogP contribution in [0.4, 0.5) is 0 Å². The zero-order valence-corrected chi connectivity index (χ0v) is 7.09. The van der Waals surface area contributed by atoms with Crippen molar-refractivity contribution in [3.05, 3.63) is 0 Å². The molecule has 0 unspecified atom stereocenters.